The Labute approximate surface area is 156 Å². The molecular weight excluding hydrogens is 328 g/mol. The summed E-state index contributed by atoms with van der Waals surface area (Å²) >= 11 is 0. The van der Waals surface area contributed by atoms with Gasteiger partial charge in [-0.25, -0.2) is 0 Å². The van der Waals surface area contributed by atoms with E-state index < -0.39 is 5.54 Å². The topological polar surface area (TPSA) is 80.3 Å². The predicted octanol–water partition coefficient (Wildman–Crippen LogP) is 1.44. The number of carbonyl (C=O) groups is 1. The number of likely N-dealkylation sites (tertiary alicyclic amines) is 2. The van der Waals surface area contributed by atoms with E-state index in [1.54, 1.807) is 0 Å². The van der Waals surface area contributed by atoms with E-state index in [2.05, 4.69) is 34.1 Å². The number of rotatable bonds is 4. The van der Waals surface area contributed by atoms with Crippen molar-refractivity contribution in [3.8, 4) is 0 Å². The molecule has 1 aromatic rings. The molecular formula is C19H34N6O. The molecule has 26 heavy (non-hydrogen) atoms. The highest BCUT2D eigenvalue weighted by Crippen LogP contribution is 2.34. The third-order valence-corrected chi connectivity index (χ3v) is 6.06. The summed E-state index contributed by atoms with van der Waals surface area (Å²) in [6, 6.07) is 0. The maximum atomic E-state index is 13.2. The van der Waals surface area contributed by atoms with E-state index in [-0.39, 0.29) is 5.41 Å². The summed E-state index contributed by atoms with van der Waals surface area (Å²) in [5, 5.41) is 8.44. The van der Waals surface area contributed by atoms with Gasteiger partial charge >= 0.3 is 0 Å². The summed E-state index contributed by atoms with van der Waals surface area (Å²) in [4.78, 5) is 17.6. The van der Waals surface area contributed by atoms with Gasteiger partial charge in [0.25, 0.3) is 0 Å². The van der Waals surface area contributed by atoms with E-state index in [1.165, 1.54) is 0 Å². The van der Waals surface area contributed by atoms with E-state index in [9.17, 15) is 4.79 Å². The van der Waals surface area contributed by atoms with Crippen LogP contribution < -0.4 is 5.73 Å². The number of nitrogens with two attached hydrogens (primary N) is 1. The highest BCUT2D eigenvalue weighted by molar-refractivity contribution is 5.82. The number of amides is 1. The van der Waals surface area contributed by atoms with Crippen molar-refractivity contribution in [1.82, 2.24) is 24.8 Å². The van der Waals surface area contributed by atoms with Gasteiger partial charge in [0.2, 0.25) is 5.91 Å². The van der Waals surface area contributed by atoms with E-state index in [4.69, 9.17) is 5.73 Å². The van der Waals surface area contributed by atoms with Crippen molar-refractivity contribution >= 4 is 5.91 Å². The largest absolute Gasteiger partial charge is 0.342 e. The number of aromatic nitrogens is 3. The van der Waals surface area contributed by atoms with Gasteiger partial charge in [-0.15, -0.1) is 5.10 Å². The minimum atomic E-state index is -0.477. The molecule has 3 rings (SSSR count). The van der Waals surface area contributed by atoms with Crippen LogP contribution in [0.4, 0.5) is 0 Å². The second-order valence-electron chi connectivity index (χ2n) is 9.17. The van der Waals surface area contributed by atoms with Crippen LogP contribution in [0.15, 0.2) is 6.20 Å². The molecule has 0 radical (unpaired) electrons. The average molecular weight is 363 g/mol. The van der Waals surface area contributed by atoms with Crippen LogP contribution >= 0.6 is 0 Å². The Morgan fingerprint density at radius 1 is 1.35 bits per heavy atom. The predicted molar refractivity (Wildman–Crippen MR) is 101 cm³/mol. The maximum Gasteiger partial charge on any atom is 0.228 e. The van der Waals surface area contributed by atoms with Crippen molar-refractivity contribution in [2.75, 3.05) is 33.2 Å². The van der Waals surface area contributed by atoms with Gasteiger partial charge in [-0.3, -0.25) is 9.48 Å². The van der Waals surface area contributed by atoms with E-state index in [0.717, 1.165) is 64.1 Å². The maximum absolute atomic E-state index is 13.2. The Kier molecular flexibility index (Phi) is 5.40. The van der Waals surface area contributed by atoms with Crippen molar-refractivity contribution < 1.29 is 4.79 Å². The zero-order valence-corrected chi connectivity index (χ0v) is 16.7. The Balaban J connectivity index is 1.60. The fourth-order valence-corrected chi connectivity index (χ4v) is 4.05. The average Bonchev–Trinajstić information content (AvgIpc) is 3.06. The first-order chi connectivity index (χ1) is 12.2. The Morgan fingerprint density at radius 2 is 2.04 bits per heavy atom. The minimum absolute atomic E-state index is 0.196. The Hall–Kier alpha value is -1.47. The highest BCUT2D eigenvalue weighted by Gasteiger charge is 2.40. The van der Waals surface area contributed by atoms with Crippen LogP contribution in [0.25, 0.3) is 0 Å². The Morgan fingerprint density at radius 3 is 2.65 bits per heavy atom. The molecule has 0 bridgehead atoms. The van der Waals surface area contributed by atoms with Gasteiger partial charge in [-0.05, 0) is 65.6 Å². The summed E-state index contributed by atoms with van der Waals surface area (Å²) in [7, 11) is 2.13. The fourth-order valence-electron chi connectivity index (χ4n) is 4.05. The molecule has 1 atom stereocenters. The number of hydrogen-bond donors (Lipinski definition) is 1. The molecule has 7 nitrogen and oxygen atoms in total. The lowest BCUT2D eigenvalue weighted by atomic mass is 9.78. The van der Waals surface area contributed by atoms with E-state index in [1.807, 2.05) is 24.7 Å². The summed E-state index contributed by atoms with van der Waals surface area (Å²) in [6.45, 7) is 10.6. The minimum Gasteiger partial charge on any atom is -0.342 e. The molecule has 1 aromatic heterocycles. The summed E-state index contributed by atoms with van der Waals surface area (Å²) < 4.78 is 1.89. The molecule has 146 valence electrons. The van der Waals surface area contributed by atoms with Crippen molar-refractivity contribution in [3.05, 3.63) is 11.9 Å². The van der Waals surface area contributed by atoms with Crippen LogP contribution in [0.2, 0.25) is 0 Å². The van der Waals surface area contributed by atoms with Crippen LogP contribution in [-0.2, 0) is 16.9 Å². The van der Waals surface area contributed by atoms with Crippen LogP contribution in [0.1, 0.15) is 52.1 Å². The van der Waals surface area contributed by atoms with Gasteiger partial charge in [0.1, 0.15) is 5.69 Å². The third-order valence-electron chi connectivity index (χ3n) is 6.06. The lowest BCUT2D eigenvalue weighted by Crippen LogP contribution is -2.51. The molecule has 1 amide bonds. The summed E-state index contributed by atoms with van der Waals surface area (Å²) in [6.07, 6.45) is 6.06. The number of carbonyl (C=O) groups excluding carboxylic acids is 1. The van der Waals surface area contributed by atoms with Gasteiger partial charge in [-0.1, -0.05) is 12.1 Å². The van der Waals surface area contributed by atoms with Crippen LogP contribution in [0, 0.1) is 11.3 Å². The van der Waals surface area contributed by atoms with Crippen LogP contribution in [0.5, 0.6) is 0 Å². The molecule has 7 heteroatoms. The molecule has 3 heterocycles. The molecule has 0 saturated carbocycles. The zero-order chi connectivity index (χ0) is 18.9. The van der Waals surface area contributed by atoms with Gasteiger partial charge in [-0.2, -0.15) is 0 Å². The molecule has 2 fully saturated rings. The van der Waals surface area contributed by atoms with Gasteiger partial charge in [0, 0.05) is 25.0 Å². The van der Waals surface area contributed by atoms with Crippen LogP contribution in [-0.4, -0.2) is 63.9 Å². The van der Waals surface area contributed by atoms with Gasteiger partial charge < -0.3 is 15.5 Å². The first kappa shape index (κ1) is 19.3. The molecule has 2 N–H and O–H groups in total. The molecule has 0 unspecified atom stereocenters. The smallest absolute Gasteiger partial charge is 0.228 e. The molecule has 2 aliphatic rings. The van der Waals surface area contributed by atoms with Gasteiger partial charge in [0.15, 0.2) is 0 Å². The first-order valence-corrected chi connectivity index (χ1v) is 9.85. The van der Waals surface area contributed by atoms with E-state index >= 15 is 0 Å². The van der Waals surface area contributed by atoms with Crippen molar-refractivity contribution in [3.63, 3.8) is 0 Å². The third kappa shape index (κ3) is 4.26. The zero-order valence-electron chi connectivity index (χ0n) is 16.7. The molecule has 0 spiro atoms. The second kappa shape index (κ2) is 7.27. The monoisotopic (exact) mass is 362 g/mol. The highest BCUT2D eigenvalue weighted by atomic mass is 16.2. The normalized spacial score (nSPS) is 24.7. The molecule has 2 saturated heterocycles. The standard InChI is InChI=1S/C19H34N6O/c1-18(2,20)16-14-25(22-21-16)13-15-6-5-9-24(12-15)17(26)19(3)7-10-23(4)11-8-19/h14-15H,5-13,20H2,1-4H3/t15-/m1/s1. The quantitative estimate of drug-likeness (QED) is 0.877. The van der Waals surface area contributed by atoms with Crippen molar-refractivity contribution in [2.45, 2.75) is 58.5 Å². The fraction of sp³-hybridized carbons (Fsp3) is 0.842. The SMILES string of the molecule is CN1CCC(C)(C(=O)N2CCC[C@@H](Cn3cc(C(C)(C)N)nn3)C2)CC1. The molecule has 0 aliphatic carbocycles. The summed E-state index contributed by atoms with van der Waals surface area (Å²) in [5.41, 5.74) is 6.23. The lowest BCUT2D eigenvalue weighted by molar-refractivity contribution is -0.145. The Bertz CT molecular complexity index is 626. The van der Waals surface area contributed by atoms with Crippen molar-refractivity contribution in [1.29, 1.82) is 0 Å². The number of hydrogen-bond acceptors (Lipinski definition) is 5. The lowest BCUT2D eigenvalue weighted by Gasteiger charge is -2.42. The van der Waals surface area contributed by atoms with Crippen LogP contribution in [0.3, 0.4) is 0 Å². The second-order valence-corrected chi connectivity index (χ2v) is 9.17. The number of nitrogens with zero attached hydrogens (tertiary/aromatic N) is 5. The molecule has 2 aliphatic heterocycles. The summed E-state index contributed by atoms with van der Waals surface area (Å²) in [5.74, 6) is 0.774. The van der Waals surface area contributed by atoms with Gasteiger partial charge in [0.05, 0.1) is 11.7 Å². The number of piperidine rings is 2. The van der Waals surface area contributed by atoms with Crippen molar-refractivity contribution in [2.24, 2.45) is 17.1 Å². The first-order valence-electron chi connectivity index (χ1n) is 9.85. The molecule has 0 aromatic carbocycles. The van der Waals surface area contributed by atoms with E-state index in [0.29, 0.717) is 11.8 Å².